The molecule has 4 aliphatic heterocycles. The number of imide groups is 1. The number of nitrogens with one attached hydrogen (secondary N) is 2. The molecule has 352 valence electrons. The lowest BCUT2D eigenvalue weighted by atomic mass is 9.86. The van der Waals surface area contributed by atoms with Crippen molar-refractivity contribution in [2.45, 2.75) is 88.9 Å². The van der Waals surface area contributed by atoms with E-state index in [-0.39, 0.29) is 53.7 Å². The first kappa shape index (κ1) is 45.8. The first-order valence-corrected chi connectivity index (χ1v) is 23.9. The van der Waals surface area contributed by atoms with E-state index in [1.54, 1.807) is 0 Å². The highest BCUT2D eigenvalue weighted by Crippen LogP contribution is 2.38. The molecule has 3 aromatic carbocycles. The molecule has 13 nitrogen and oxygen atoms in total. The van der Waals surface area contributed by atoms with Gasteiger partial charge in [0.2, 0.25) is 23.7 Å². The summed E-state index contributed by atoms with van der Waals surface area (Å²) >= 11 is 0. The molecule has 1 atom stereocenters. The van der Waals surface area contributed by atoms with Crippen LogP contribution in [0.4, 0.5) is 24.8 Å². The molecule has 0 bridgehead atoms. The highest BCUT2D eigenvalue weighted by molar-refractivity contribution is 6.04. The number of carbonyl (C=O) groups is 4. The van der Waals surface area contributed by atoms with Crippen molar-refractivity contribution in [2.75, 3.05) is 75.7 Å². The van der Waals surface area contributed by atoms with E-state index in [1.807, 2.05) is 33.7 Å². The molecule has 5 aliphatic rings. The van der Waals surface area contributed by atoms with Crippen LogP contribution >= 0.6 is 0 Å². The van der Waals surface area contributed by atoms with Gasteiger partial charge in [0.05, 0.1) is 22.5 Å². The molecule has 0 spiro atoms. The number of likely N-dealkylation sites (tertiary alicyclic amines) is 1. The predicted octanol–water partition coefficient (Wildman–Crippen LogP) is 6.82. The molecule has 4 aromatic rings. The van der Waals surface area contributed by atoms with Crippen molar-refractivity contribution >= 4 is 46.3 Å². The monoisotopic (exact) mass is 910 g/mol. The van der Waals surface area contributed by atoms with Crippen LogP contribution in [0.2, 0.25) is 0 Å². The topological polar surface area (TPSA) is 143 Å². The Bertz CT molecular complexity index is 2370. The molecule has 4 amide bonds. The third kappa shape index (κ3) is 10.5. The number of imidazole rings is 1. The Labute approximate surface area is 383 Å². The zero-order valence-electron chi connectivity index (χ0n) is 37.5. The number of alkyl halides is 3. The van der Waals surface area contributed by atoms with Crippen molar-refractivity contribution in [1.29, 1.82) is 0 Å². The van der Waals surface area contributed by atoms with Gasteiger partial charge in [-0.2, -0.15) is 13.2 Å². The van der Waals surface area contributed by atoms with Gasteiger partial charge in [0.25, 0.3) is 5.91 Å². The fraction of sp³-hybridized carbons (Fsp3) is 0.540. The van der Waals surface area contributed by atoms with Crippen LogP contribution < -0.4 is 15.5 Å². The molecule has 16 heteroatoms. The normalized spacial score (nSPS) is 23.3. The second-order valence-corrected chi connectivity index (χ2v) is 19.2. The number of aromatic nitrogens is 2. The van der Waals surface area contributed by atoms with E-state index in [9.17, 15) is 37.5 Å². The minimum Gasteiger partial charge on any atom is -0.396 e. The second kappa shape index (κ2) is 19.9. The third-order valence-corrected chi connectivity index (χ3v) is 14.9. The van der Waals surface area contributed by atoms with Crippen molar-refractivity contribution in [2.24, 2.45) is 17.8 Å². The minimum atomic E-state index is -4.57. The third-order valence-electron chi connectivity index (χ3n) is 14.9. The van der Waals surface area contributed by atoms with Crippen molar-refractivity contribution in [3.63, 3.8) is 0 Å². The van der Waals surface area contributed by atoms with Crippen LogP contribution in [0.25, 0.3) is 11.0 Å². The molecule has 4 saturated heterocycles. The molecule has 3 N–H and O–H groups in total. The smallest absolute Gasteiger partial charge is 0.396 e. The number of piperazine rings is 1. The number of hydrogen-bond acceptors (Lipinski definition) is 9. The summed E-state index contributed by atoms with van der Waals surface area (Å²) in [6.07, 6.45) is 3.57. The van der Waals surface area contributed by atoms with Crippen LogP contribution in [0.15, 0.2) is 66.7 Å². The Hall–Kier alpha value is -5.32. The molecular formula is C50H61F3N8O5. The number of anilines is 2. The number of fused-ring (bicyclic) bond motifs is 1. The molecular weight excluding hydrogens is 850 g/mol. The summed E-state index contributed by atoms with van der Waals surface area (Å²) in [4.78, 5) is 65.2. The maximum Gasteiger partial charge on any atom is 0.416 e. The molecule has 5 fully saturated rings. The second-order valence-electron chi connectivity index (χ2n) is 19.2. The highest BCUT2D eigenvalue weighted by Gasteiger charge is 2.34. The standard InChI is InChI=1S/C50H61F3N8O5/c51-50(52,53)39-3-1-2-38(29-39)46(64)56-49-54-43-28-35(6-14-44(43)61(49)41-9-4-34(32-62)5-10-41)31-58-24-26-60(27-25-58)48(66)37-18-20-57(21-19-37)30-33-16-22-59(23-17-33)40-11-7-36(8-12-40)42-13-15-45(63)55-47(42)65/h1-3,6-8,11-12,14,28-29,33-34,37,41-42,62H,4-5,9-10,13,15-27,30-32H2,(H,54,56,64)(H,55,63,65)/t34?,41?,42-/m0/s1. The average Bonchev–Trinajstić information content (AvgIpc) is 3.68. The van der Waals surface area contributed by atoms with Gasteiger partial charge in [0.15, 0.2) is 0 Å². The molecule has 1 aliphatic carbocycles. The van der Waals surface area contributed by atoms with Crippen LogP contribution in [0, 0.1) is 17.8 Å². The quantitative estimate of drug-likeness (QED) is 0.138. The van der Waals surface area contributed by atoms with Crippen LogP contribution in [-0.4, -0.2) is 118 Å². The molecule has 1 saturated carbocycles. The maximum atomic E-state index is 13.7. The van der Waals surface area contributed by atoms with Crippen LogP contribution in [-0.2, 0) is 27.1 Å². The number of nitrogens with zero attached hydrogens (tertiary/aromatic N) is 6. The van der Waals surface area contributed by atoms with Crippen LogP contribution in [0.1, 0.15) is 103 Å². The number of aliphatic hydroxyl groups is 1. The highest BCUT2D eigenvalue weighted by atomic mass is 19.4. The van der Waals surface area contributed by atoms with E-state index in [2.05, 4.69) is 43.5 Å². The Morgan fingerprint density at radius 2 is 1.50 bits per heavy atom. The van der Waals surface area contributed by atoms with Gasteiger partial charge in [0.1, 0.15) is 0 Å². The van der Waals surface area contributed by atoms with Gasteiger partial charge in [-0.05, 0) is 136 Å². The molecule has 66 heavy (non-hydrogen) atoms. The van der Waals surface area contributed by atoms with E-state index < -0.39 is 17.6 Å². The molecule has 5 heterocycles. The van der Waals surface area contributed by atoms with Gasteiger partial charge in [-0.25, -0.2) is 4.98 Å². The van der Waals surface area contributed by atoms with E-state index in [4.69, 9.17) is 4.98 Å². The largest absolute Gasteiger partial charge is 0.416 e. The Morgan fingerprint density at radius 3 is 2.18 bits per heavy atom. The van der Waals surface area contributed by atoms with Gasteiger partial charge in [-0.15, -0.1) is 0 Å². The summed E-state index contributed by atoms with van der Waals surface area (Å²) in [6.45, 7) is 8.60. The summed E-state index contributed by atoms with van der Waals surface area (Å²) in [6, 6.07) is 18.8. The minimum absolute atomic E-state index is 0.00909. The zero-order valence-corrected chi connectivity index (χ0v) is 37.5. The Kier molecular flexibility index (Phi) is 13.8. The molecule has 1 aromatic heterocycles. The maximum absolute atomic E-state index is 13.7. The Morgan fingerprint density at radius 1 is 0.773 bits per heavy atom. The molecule has 0 unspecified atom stereocenters. The number of hydrogen-bond donors (Lipinski definition) is 3. The van der Waals surface area contributed by atoms with Crippen molar-refractivity contribution in [1.82, 2.24) is 29.6 Å². The number of amides is 4. The number of halogens is 3. The summed E-state index contributed by atoms with van der Waals surface area (Å²) in [5, 5.41) is 15.0. The lowest BCUT2D eigenvalue weighted by Gasteiger charge is -2.40. The van der Waals surface area contributed by atoms with E-state index >= 15 is 0 Å². The van der Waals surface area contributed by atoms with Crippen molar-refractivity contribution in [3.05, 3.63) is 89.0 Å². The lowest BCUT2D eigenvalue weighted by Crippen LogP contribution is -2.51. The summed E-state index contributed by atoms with van der Waals surface area (Å²) in [5.41, 5.74) is 3.71. The van der Waals surface area contributed by atoms with Gasteiger partial charge < -0.3 is 24.4 Å². The fourth-order valence-corrected chi connectivity index (χ4v) is 11.0. The van der Waals surface area contributed by atoms with E-state index in [1.165, 1.54) is 17.8 Å². The summed E-state index contributed by atoms with van der Waals surface area (Å²) < 4.78 is 42.4. The van der Waals surface area contributed by atoms with Crippen LogP contribution in [0.3, 0.4) is 0 Å². The van der Waals surface area contributed by atoms with Crippen molar-refractivity contribution < 1.29 is 37.5 Å². The summed E-state index contributed by atoms with van der Waals surface area (Å²) in [7, 11) is 0. The Balaban J connectivity index is 0.740. The predicted molar refractivity (Wildman–Crippen MR) is 245 cm³/mol. The van der Waals surface area contributed by atoms with Crippen molar-refractivity contribution in [3.8, 4) is 0 Å². The number of aliphatic hydroxyl groups excluding tert-OH is 1. The lowest BCUT2D eigenvalue weighted by molar-refractivity contribution is -0.139. The van der Waals surface area contributed by atoms with Gasteiger partial charge in [-0.3, -0.25) is 34.7 Å². The first-order chi connectivity index (χ1) is 31.9. The zero-order chi connectivity index (χ0) is 46.0. The van der Waals surface area contributed by atoms with Crippen LogP contribution in [0.5, 0.6) is 0 Å². The van der Waals surface area contributed by atoms with E-state index in [0.29, 0.717) is 49.9 Å². The number of rotatable bonds is 11. The van der Waals surface area contributed by atoms with Gasteiger partial charge in [0, 0.05) is 88.6 Å². The summed E-state index contributed by atoms with van der Waals surface area (Å²) in [5.74, 6) is 0.129. The number of piperidine rings is 3. The van der Waals surface area contributed by atoms with Gasteiger partial charge >= 0.3 is 6.18 Å². The first-order valence-electron chi connectivity index (χ1n) is 23.9. The van der Waals surface area contributed by atoms with E-state index in [0.717, 1.165) is 126 Å². The fourth-order valence-electron chi connectivity index (χ4n) is 11.0. The number of carbonyl (C=O) groups excluding carboxylic acids is 4. The van der Waals surface area contributed by atoms with Gasteiger partial charge in [-0.1, -0.05) is 24.3 Å². The number of benzene rings is 3. The molecule has 9 rings (SSSR count). The SMILES string of the molecule is O=C1CC[C@@H](c2ccc(N3CCC(CN4CCC(C(=O)N5CCN(Cc6ccc7c(c6)nc(NC(=O)c6cccc(C(F)(F)F)c6)n7C6CCC(CO)CC6)CC5)CC4)CC3)cc2)C(=O)N1. The average molecular weight is 911 g/mol. The molecule has 0 radical (unpaired) electrons.